The van der Waals surface area contributed by atoms with Crippen LogP contribution < -0.4 is 0 Å². The quantitative estimate of drug-likeness (QED) is 0.756. The summed E-state index contributed by atoms with van der Waals surface area (Å²) < 4.78 is 0. The molecule has 86 valence electrons. The fourth-order valence-electron chi connectivity index (χ4n) is 1.82. The van der Waals surface area contributed by atoms with E-state index in [9.17, 15) is 0 Å². The number of hydrogen-bond acceptors (Lipinski definition) is 2. The third-order valence-corrected chi connectivity index (χ3v) is 2.74. The van der Waals surface area contributed by atoms with Crippen molar-refractivity contribution in [2.24, 2.45) is 5.92 Å². The standard InChI is InChI=1S/C14H20N2/c1-4-13(9-15)10-16(3)11-14-7-5-6-12(2)8-14/h5-8,13H,4,10-11H2,1-3H3. The van der Waals surface area contributed by atoms with Crippen LogP contribution in [0.5, 0.6) is 0 Å². The van der Waals surface area contributed by atoms with Crippen LogP contribution in [0.25, 0.3) is 0 Å². The van der Waals surface area contributed by atoms with Crippen LogP contribution in [-0.4, -0.2) is 18.5 Å². The third-order valence-electron chi connectivity index (χ3n) is 2.74. The van der Waals surface area contributed by atoms with Gasteiger partial charge in [0.2, 0.25) is 0 Å². The summed E-state index contributed by atoms with van der Waals surface area (Å²) in [6.07, 6.45) is 0.925. The number of nitriles is 1. The molecule has 0 amide bonds. The summed E-state index contributed by atoms with van der Waals surface area (Å²) >= 11 is 0. The summed E-state index contributed by atoms with van der Waals surface area (Å²) in [5.41, 5.74) is 2.61. The van der Waals surface area contributed by atoms with Crippen LogP contribution in [-0.2, 0) is 6.54 Å². The molecule has 0 N–H and O–H groups in total. The van der Waals surface area contributed by atoms with E-state index in [2.05, 4.69) is 56.1 Å². The van der Waals surface area contributed by atoms with Crippen LogP contribution in [0.1, 0.15) is 24.5 Å². The van der Waals surface area contributed by atoms with E-state index in [0.29, 0.717) is 0 Å². The molecule has 2 heteroatoms. The van der Waals surface area contributed by atoms with Gasteiger partial charge in [-0.1, -0.05) is 36.8 Å². The minimum atomic E-state index is 0.148. The Kier molecular flexibility index (Phi) is 5.01. The Bertz CT molecular complexity index is 365. The predicted molar refractivity (Wildman–Crippen MR) is 66.9 cm³/mol. The molecule has 1 aromatic carbocycles. The normalized spacial score (nSPS) is 12.4. The van der Waals surface area contributed by atoms with Crippen molar-refractivity contribution in [1.82, 2.24) is 4.90 Å². The molecule has 0 heterocycles. The van der Waals surface area contributed by atoms with Gasteiger partial charge >= 0.3 is 0 Å². The Hall–Kier alpha value is -1.33. The zero-order valence-corrected chi connectivity index (χ0v) is 10.4. The first kappa shape index (κ1) is 12.7. The largest absolute Gasteiger partial charge is 0.301 e. The molecule has 0 bridgehead atoms. The van der Waals surface area contributed by atoms with Crippen molar-refractivity contribution in [2.45, 2.75) is 26.8 Å². The van der Waals surface area contributed by atoms with Gasteiger partial charge in [-0.25, -0.2) is 0 Å². The van der Waals surface area contributed by atoms with E-state index < -0.39 is 0 Å². The van der Waals surface area contributed by atoms with Gasteiger partial charge in [0, 0.05) is 13.1 Å². The summed E-state index contributed by atoms with van der Waals surface area (Å²) in [5, 5.41) is 8.91. The van der Waals surface area contributed by atoms with Crippen molar-refractivity contribution >= 4 is 0 Å². The number of hydrogen-bond donors (Lipinski definition) is 0. The van der Waals surface area contributed by atoms with Crippen molar-refractivity contribution in [3.8, 4) is 6.07 Å². The maximum atomic E-state index is 8.91. The van der Waals surface area contributed by atoms with Gasteiger partial charge in [-0.2, -0.15) is 5.26 Å². The second-order valence-electron chi connectivity index (χ2n) is 4.42. The molecule has 0 spiro atoms. The Morgan fingerprint density at radius 3 is 2.75 bits per heavy atom. The molecular weight excluding hydrogens is 196 g/mol. The Balaban J connectivity index is 2.51. The van der Waals surface area contributed by atoms with Crippen LogP contribution in [0.3, 0.4) is 0 Å². The summed E-state index contributed by atoms with van der Waals surface area (Å²) in [7, 11) is 2.07. The lowest BCUT2D eigenvalue weighted by Gasteiger charge is -2.19. The average molecular weight is 216 g/mol. The smallest absolute Gasteiger partial charge is 0.0669 e. The van der Waals surface area contributed by atoms with Crippen molar-refractivity contribution in [1.29, 1.82) is 5.26 Å². The molecule has 0 aliphatic heterocycles. The first-order chi connectivity index (χ1) is 7.65. The van der Waals surface area contributed by atoms with Crippen LogP contribution in [0.4, 0.5) is 0 Å². The Labute approximate surface area is 98.5 Å². The fraction of sp³-hybridized carbons (Fsp3) is 0.500. The molecular formula is C14H20N2. The van der Waals surface area contributed by atoms with E-state index in [0.717, 1.165) is 19.5 Å². The van der Waals surface area contributed by atoms with Crippen molar-refractivity contribution in [2.75, 3.05) is 13.6 Å². The molecule has 0 aliphatic carbocycles. The Morgan fingerprint density at radius 1 is 1.44 bits per heavy atom. The Morgan fingerprint density at radius 2 is 2.19 bits per heavy atom. The van der Waals surface area contributed by atoms with Crippen LogP contribution in [0.2, 0.25) is 0 Å². The third kappa shape index (κ3) is 4.04. The highest BCUT2D eigenvalue weighted by Crippen LogP contribution is 2.09. The topological polar surface area (TPSA) is 27.0 Å². The molecule has 0 saturated heterocycles. The average Bonchev–Trinajstić information content (AvgIpc) is 2.26. The zero-order chi connectivity index (χ0) is 12.0. The van der Waals surface area contributed by atoms with E-state index in [1.165, 1.54) is 11.1 Å². The van der Waals surface area contributed by atoms with Gasteiger partial charge in [-0.3, -0.25) is 0 Å². The molecule has 0 saturated carbocycles. The first-order valence-electron chi connectivity index (χ1n) is 5.79. The lowest BCUT2D eigenvalue weighted by molar-refractivity contribution is 0.292. The number of rotatable bonds is 5. The van der Waals surface area contributed by atoms with E-state index >= 15 is 0 Å². The van der Waals surface area contributed by atoms with Gasteiger partial charge in [0.15, 0.2) is 0 Å². The van der Waals surface area contributed by atoms with Crippen LogP contribution >= 0.6 is 0 Å². The van der Waals surface area contributed by atoms with Gasteiger partial charge in [0.1, 0.15) is 0 Å². The lowest BCUT2D eigenvalue weighted by Crippen LogP contribution is -2.24. The molecule has 0 aliphatic rings. The van der Waals surface area contributed by atoms with Crippen molar-refractivity contribution in [3.63, 3.8) is 0 Å². The molecule has 0 aromatic heterocycles. The predicted octanol–water partition coefficient (Wildman–Crippen LogP) is 2.98. The minimum absolute atomic E-state index is 0.148. The molecule has 2 nitrogen and oxygen atoms in total. The van der Waals surface area contributed by atoms with E-state index in [4.69, 9.17) is 5.26 Å². The lowest BCUT2D eigenvalue weighted by atomic mass is 10.1. The molecule has 1 aromatic rings. The molecule has 1 unspecified atom stereocenters. The maximum Gasteiger partial charge on any atom is 0.0669 e. The van der Waals surface area contributed by atoms with Gasteiger partial charge < -0.3 is 4.90 Å². The van der Waals surface area contributed by atoms with E-state index in [-0.39, 0.29) is 5.92 Å². The van der Waals surface area contributed by atoms with Gasteiger partial charge in [0.25, 0.3) is 0 Å². The molecule has 0 radical (unpaired) electrons. The van der Waals surface area contributed by atoms with E-state index in [1.807, 2.05) is 0 Å². The van der Waals surface area contributed by atoms with E-state index in [1.54, 1.807) is 0 Å². The summed E-state index contributed by atoms with van der Waals surface area (Å²) in [4.78, 5) is 2.21. The molecule has 1 atom stereocenters. The maximum absolute atomic E-state index is 8.91. The summed E-state index contributed by atoms with van der Waals surface area (Å²) in [6, 6.07) is 10.9. The fourth-order valence-corrected chi connectivity index (χ4v) is 1.82. The summed E-state index contributed by atoms with van der Waals surface area (Å²) in [6.45, 7) is 5.93. The second-order valence-corrected chi connectivity index (χ2v) is 4.42. The molecule has 1 rings (SSSR count). The number of nitrogens with zero attached hydrogens (tertiary/aromatic N) is 2. The minimum Gasteiger partial charge on any atom is -0.301 e. The number of benzene rings is 1. The van der Waals surface area contributed by atoms with Crippen molar-refractivity contribution < 1.29 is 0 Å². The van der Waals surface area contributed by atoms with Crippen LogP contribution in [0, 0.1) is 24.2 Å². The van der Waals surface area contributed by atoms with Crippen molar-refractivity contribution in [3.05, 3.63) is 35.4 Å². The van der Waals surface area contributed by atoms with Gasteiger partial charge in [-0.15, -0.1) is 0 Å². The number of aryl methyl sites for hydroxylation is 1. The monoisotopic (exact) mass is 216 g/mol. The second kappa shape index (κ2) is 6.30. The highest BCUT2D eigenvalue weighted by molar-refractivity contribution is 5.22. The first-order valence-corrected chi connectivity index (χ1v) is 5.79. The summed E-state index contributed by atoms with van der Waals surface area (Å²) in [5.74, 6) is 0.148. The molecule has 0 fully saturated rings. The van der Waals surface area contributed by atoms with Gasteiger partial charge in [0.05, 0.1) is 12.0 Å². The molecule has 16 heavy (non-hydrogen) atoms. The van der Waals surface area contributed by atoms with Gasteiger partial charge in [-0.05, 0) is 26.0 Å². The van der Waals surface area contributed by atoms with Crippen LogP contribution in [0.15, 0.2) is 24.3 Å². The zero-order valence-electron chi connectivity index (χ0n) is 10.4. The SMILES string of the molecule is CCC(C#N)CN(C)Cc1cccc(C)c1. The highest BCUT2D eigenvalue weighted by Gasteiger charge is 2.08. The highest BCUT2D eigenvalue weighted by atomic mass is 15.1.